The lowest BCUT2D eigenvalue weighted by atomic mass is 10.1. The van der Waals surface area contributed by atoms with Crippen LogP contribution in [0.25, 0.3) is 22.6 Å². The molecule has 0 aliphatic heterocycles. The zero-order chi connectivity index (χ0) is 24.4. The van der Waals surface area contributed by atoms with E-state index in [0.29, 0.717) is 45.5 Å². The standard InChI is InChI=1S/C24H21N3O7/c1-13-16(6-5-7-18(13)27(29)30)23(28)25-15-8-9-19-17(12-15)26-24(34-19)14-10-20(31-2)22(33-4)21(11-14)32-3/h5-12H,1-4H3,(H,25,28). The summed E-state index contributed by atoms with van der Waals surface area (Å²) in [4.78, 5) is 27.9. The predicted molar refractivity (Wildman–Crippen MR) is 125 cm³/mol. The van der Waals surface area contributed by atoms with E-state index in [1.54, 1.807) is 30.3 Å². The molecule has 0 spiro atoms. The maximum atomic E-state index is 12.8. The maximum absolute atomic E-state index is 12.8. The number of carbonyl (C=O) groups excluding carboxylic acids is 1. The first kappa shape index (κ1) is 22.6. The lowest BCUT2D eigenvalue weighted by Gasteiger charge is -2.12. The molecular formula is C24H21N3O7. The number of nitrogens with zero attached hydrogens (tertiary/aromatic N) is 2. The Kier molecular flexibility index (Phi) is 6.05. The lowest BCUT2D eigenvalue weighted by molar-refractivity contribution is -0.385. The minimum absolute atomic E-state index is 0.116. The molecule has 10 nitrogen and oxygen atoms in total. The Labute approximate surface area is 194 Å². The number of hydrogen-bond acceptors (Lipinski definition) is 8. The molecule has 0 aliphatic carbocycles. The molecule has 0 saturated heterocycles. The molecule has 10 heteroatoms. The van der Waals surface area contributed by atoms with Gasteiger partial charge in [0, 0.05) is 28.4 Å². The second kappa shape index (κ2) is 9.10. The fraction of sp³-hybridized carbons (Fsp3) is 0.167. The van der Waals surface area contributed by atoms with Gasteiger partial charge in [-0.25, -0.2) is 4.98 Å². The van der Waals surface area contributed by atoms with Gasteiger partial charge in [-0.1, -0.05) is 6.07 Å². The van der Waals surface area contributed by atoms with Gasteiger partial charge in [0.05, 0.1) is 26.3 Å². The highest BCUT2D eigenvalue weighted by Gasteiger charge is 2.20. The van der Waals surface area contributed by atoms with Crippen molar-refractivity contribution in [2.45, 2.75) is 6.92 Å². The maximum Gasteiger partial charge on any atom is 0.273 e. The van der Waals surface area contributed by atoms with Crippen molar-refractivity contribution in [3.63, 3.8) is 0 Å². The highest BCUT2D eigenvalue weighted by Crippen LogP contribution is 2.41. The normalized spacial score (nSPS) is 10.7. The number of benzene rings is 3. The summed E-state index contributed by atoms with van der Waals surface area (Å²) in [5.41, 5.74) is 2.49. The van der Waals surface area contributed by atoms with Crippen LogP contribution in [0.3, 0.4) is 0 Å². The lowest BCUT2D eigenvalue weighted by Crippen LogP contribution is -2.14. The summed E-state index contributed by atoms with van der Waals surface area (Å²) < 4.78 is 22.0. The van der Waals surface area contributed by atoms with Crippen LogP contribution in [0, 0.1) is 17.0 Å². The van der Waals surface area contributed by atoms with Gasteiger partial charge in [0.15, 0.2) is 17.1 Å². The van der Waals surface area contributed by atoms with E-state index in [-0.39, 0.29) is 16.8 Å². The highest BCUT2D eigenvalue weighted by atomic mass is 16.6. The van der Waals surface area contributed by atoms with Crippen molar-refractivity contribution in [3.05, 3.63) is 69.8 Å². The number of oxazole rings is 1. The Morgan fingerprint density at radius 3 is 2.35 bits per heavy atom. The number of anilines is 1. The minimum Gasteiger partial charge on any atom is -0.493 e. The van der Waals surface area contributed by atoms with E-state index >= 15 is 0 Å². The molecule has 0 radical (unpaired) electrons. The summed E-state index contributed by atoms with van der Waals surface area (Å²) in [6.45, 7) is 1.54. The average Bonchev–Trinajstić information content (AvgIpc) is 3.26. The first-order valence-electron chi connectivity index (χ1n) is 10.1. The van der Waals surface area contributed by atoms with Crippen molar-refractivity contribution in [1.82, 2.24) is 4.98 Å². The van der Waals surface area contributed by atoms with Gasteiger partial charge in [-0.3, -0.25) is 14.9 Å². The fourth-order valence-corrected chi connectivity index (χ4v) is 3.60. The van der Waals surface area contributed by atoms with Crippen molar-refractivity contribution >= 4 is 28.4 Å². The molecular weight excluding hydrogens is 442 g/mol. The van der Waals surface area contributed by atoms with Crippen LogP contribution >= 0.6 is 0 Å². The molecule has 174 valence electrons. The molecule has 0 bridgehead atoms. The number of nitrogens with one attached hydrogen (secondary N) is 1. The van der Waals surface area contributed by atoms with Gasteiger partial charge in [0.25, 0.3) is 11.6 Å². The molecule has 0 atom stereocenters. The number of rotatable bonds is 7. The van der Waals surface area contributed by atoms with E-state index in [0.717, 1.165) is 0 Å². The smallest absolute Gasteiger partial charge is 0.273 e. The Morgan fingerprint density at radius 2 is 1.74 bits per heavy atom. The third-order valence-electron chi connectivity index (χ3n) is 5.30. The molecule has 4 aromatic rings. The van der Waals surface area contributed by atoms with E-state index < -0.39 is 10.8 Å². The van der Waals surface area contributed by atoms with Crippen molar-refractivity contribution in [1.29, 1.82) is 0 Å². The van der Waals surface area contributed by atoms with Gasteiger partial charge in [-0.05, 0) is 43.3 Å². The van der Waals surface area contributed by atoms with Crippen molar-refractivity contribution in [2.24, 2.45) is 0 Å². The minimum atomic E-state index is -0.516. The number of ether oxygens (including phenoxy) is 3. The third-order valence-corrected chi connectivity index (χ3v) is 5.30. The van der Waals surface area contributed by atoms with Crippen molar-refractivity contribution < 1.29 is 28.3 Å². The molecule has 4 rings (SSSR count). The van der Waals surface area contributed by atoms with E-state index in [9.17, 15) is 14.9 Å². The van der Waals surface area contributed by atoms with E-state index in [1.165, 1.54) is 46.5 Å². The SMILES string of the molecule is COc1cc(-c2nc3cc(NC(=O)c4cccc([N+](=O)[O-])c4C)ccc3o2)cc(OC)c1OC. The largest absolute Gasteiger partial charge is 0.493 e. The second-order valence-corrected chi connectivity index (χ2v) is 7.28. The number of methoxy groups -OCH3 is 3. The molecule has 0 fully saturated rings. The number of carbonyl (C=O) groups is 1. The van der Waals surface area contributed by atoms with Crippen LogP contribution in [0.5, 0.6) is 17.2 Å². The Hall–Kier alpha value is -4.60. The number of fused-ring (bicyclic) bond motifs is 1. The highest BCUT2D eigenvalue weighted by molar-refractivity contribution is 6.06. The summed E-state index contributed by atoms with van der Waals surface area (Å²) in [5.74, 6) is 1.23. The van der Waals surface area contributed by atoms with Gasteiger partial charge < -0.3 is 23.9 Å². The first-order chi connectivity index (χ1) is 16.4. The molecule has 1 amide bonds. The van der Waals surface area contributed by atoms with Gasteiger partial charge >= 0.3 is 0 Å². The molecule has 0 unspecified atom stereocenters. The van der Waals surface area contributed by atoms with E-state index in [4.69, 9.17) is 18.6 Å². The first-order valence-corrected chi connectivity index (χ1v) is 10.1. The molecule has 3 aromatic carbocycles. The summed E-state index contributed by atoms with van der Waals surface area (Å²) in [5, 5.41) is 13.9. The Morgan fingerprint density at radius 1 is 1.03 bits per heavy atom. The second-order valence-electron chi connectivity index (χ2n) is 7.28. The summed E-state index contributed by atoms with van der Waals surface area (Å²) in [7, 11) is 4.56. The topological polar surface area (TPSA) is 126 Å². The molecule has 1 aromatic heterocycles. The van der Waals surface area contributed by atoms with E-state index in [1.807, 2.05) is 0 Å². The number of nitro benzene ring substituents is 1. The van der Waals surface area contributed by atoms with Crippen LogP contribution in [-0.2, 0) is 0 Å². The van der Waals surface area contributed by atoms with Crippen LogP contribution in [0.4, 0.5) is 11.4 Å². The van der Waals surface area contributed by atoms with Crippen LogP contribution in [0.2, 0.25) is 0 Å². The average molecular weight is 463 g/mol. The van der Waals surface area contributed by atoms with E-state index in [2.05, 4.69) is 10.3 Å². The molecule has 0 aliphatic rings. The summed E-state index contributed by atoms with van der Waals surface area (Å²) in [6.07, 6.45) is 0. The summed E-state index contributed by atoms with van der Waals surface area (Å²) >= 11 is 0. The van der Waals surface area contributed by atoms with Gasteiger partial charge in [0.2, 0.25) is 11.6 Å². The quantitative estimate of drug-likeness (QED) is 0.300. The zero-order valence-electron chi connectivity index (χ0n) is 18.9. The number of amides is 1. The Balaban J connectivity index is 1.66. The van der Waals surface area contributed by atoms with Crippen LogP contribution in [0.1, 0.15) is 15.9 Å². The van der Waals surface area contributed by atoms with Gasteiger partial charge in [0.1, 0.15) is 5.52 Å². The molecule has 1 heterocycles. The molecule has 34 heavy (non-hydrogen) atoms. The number of hydrogen-bond donors (Lipinski definition) is 1. The predicted octanol–water partition coefficient (Wildman–Crippen LogP) is 4.99. The fourth-order valence-electron chi connectivity index (χ4n) is 3.60. The van der Waals surface area contributed by atoms with Crippen LogP contribution < -0.4 is 19.5 Å². The van der Waals surface area contributed by atoms with Crippen LogP contribution in [-0.4, -0.2) is 37.1 Å². The third kappa shape index (κ3) is 4.08. The van der Waals surface area contributed by atoms with Crippen LogP contribution in [0.15, 0.2) is 52.9 Å². The van der Waals surface area contributed by atoms with Gasteiger partial charge in [-0.15, -0.1) is 0 Å². The number of nitro groups is 1. The van der Waals surface area contributed by atoms with Gasteiger partial charge in [-0.2, -0.15) is 0 Å². The molecule has 0 saturated carbocycles. The monoisotopic (exact) mass is 463 g/mol. The van der Waals surface area contributed by atoms with Crippen molar-refractivity contribution in [2.75, 3.05) is 26.6 Å². The zero-order valence-corrected chi connectivity index (χ0v) is 18.9. The molecule has 1 N–H and O–H groups in total. The Bertz CT molecular complexity index is 1390. The number of aromatic nitrogens is 1. The van der Waals surface area contributed by atoms with Crippen molar-refractivity contribution in [3.8, 4) is 28.7 Å². The summed E-state index contributed by atoms with van der Waals surface area (Å²) in [6, 6.07) is 12.8.